The molecule has 0 aliphatic heterocycles. The van der Waals surface area contributed by atoms with Crippen molar-refractivity contribution >= 4 is 11.9 Å². The molecule has 0 aromatic heterocycles. The molecule has 0 amide bonds. The fourth-order valence-corrected chi connectivity index (χ4v) is 2.33. The quantitative estimate of drug-likeness (QED) is 0.286. The lowest BCUT2D eigenvalue weighted by Crippen LogP contribution is -2.68. The molecule has 0 aromatic carbocycles. The van der Waals surface area contributed by atoms with Crippen LogP contribution >= 0.6 is 0 Å². The normalized spacial score (nSPS) is 15.7. The first kappa shape index (κ1) is 29.6. The number of rotatable bonds is 11. The minimum absolute atomic E-state index is 0.159. The van der Waals surface area contributed by atoms with Crippen LogP contribution in [0.4, 0.5) is 52.7 Å². The van der Waals surface area contributed by atoms with Crippen molar-refractivity contribution in [3.8, 4) is 0 Å². The summed E-state index contributed by atoms with van der Waals surface area (Å²) < 4.78 is 165. The number of allylic oxidation sites excluding steroid dienone is 2. The highest BCUT2D eigenvalue weighted by Crippen LogP contribution is 2.59. The largest absolute Gasteiger partial charge is 0.478 e. The topological polar surface area (TPSA) is 74.6 Å². The molecule has 0 rings (SSSR count). The smallest absolute Gasteiger partial charge is 0.384 e. The van der Waals surface area contributed by atoms with Gasteiger partial charge in [-0.15, -0.1) is 0 Å². The second-order valence-corrected chi connectivity index (χ2v) is 6.22. The SMILES string of the molecule is CC=C(C(=O)O)C(F)(F)CCC(F)(F)C(F)(F)C(F)(F)C(F)(F)C(F)(F)C(=CC)C(=O)O. The summed E-state index contributed by atoms with van der Waals surface area (Å²) in [5.41, 5.74) is -4.74. The van der Waals surface area contributed by atoms with Gasteiger partial charge in [-0.1, -0.05) is 12.2 Å². The summed E-state index contributed by atoms with van der Waals surface area (Å²) in [6.45, 7) is 0.990. The average Bonchev–Trinajstić information content (AvgIpc) is 2.59. The van der Waals surface area contributed by atoms with Gasteiger partial charge in [-0.05, 0) is 13.8 Å². The highest BCUT2D eigenvalue weighted by molar-refractivity contribution is 5.89. The third-order valence-corrected chi connectivity index (χ3v) is 4.17. The van der Waals surface area contributed by atoms with Gasteiger partial charge in [0.05, 0.1) is 0 Å². The van der Waals surface area contributed by atoms with Gasteiger partial charge in [0.1, 0.15) is 11.1 Å². The number of carboxylic acids is 2. The Hall–Kier alpha value is -2.42. The van der Waals surface area contributed by atoms with Crippen molar-refractivity contribution in [2.45, 2.75) is 62.2 Å². The Morgan fingerprint density at radius 3 is 1.31 bits per heavy atom. The number of aliphatic carboxylic acids is 2. The fraction of sp³-hybridized carbons (Fsp3) is 0.625. The summed E-state index contributed by atoms with van der Waals surface area (Å²) in [5, 5.41) is 16.9. The van der Waals surface area contributed by atoms with Crippen molar-refractivity contribution < 1.29 is 72.5 Å². The van der Waals surface area contributed by atoms with Crippen LogP contribution in [-0.2, 0) is 9.59 Å². The van der Waals surface area contributed by atoms with E-state index in [0.717, 1.165) is 0 Å². The van der Waals surface area contributed by atoms with Crippen molar-refractivity contribution in [1.82, 2.24) is 0 Å². The number of alkyl halides is 12. The molecular formula is C16H14F12O4. The summed E-state index contributed by atoms with van der Waals surface area (Å²) in [4.78, 5) is 21.2. The molecule has 0 heterocycles. The van der Waals surface area contributed by atoms with E-state index in [1.807, 2.05) is 0 Å². The third kappa shape index (κ3) is 4.67. The zero-order chi connectivity index (χ0) is 26.1. The van der Waals surface area contributed by atoms with E-state index in [4.69, 9.17) is 10.2 Å². The molecule has 0 unspecified atom stereocenters. The third-order valence-electron chi connectivity index (χ3n) is 4.17. The number of halogens is 12. The molecule has 0 radical (unpaired) electrons. The predicted molar refractivity (Wildman–Crippen MR) is 81.7 cm³/mol. The standard InChI is InChI=1S/C16H14F12O4/c1-3-7(9(29)30)11(17,18)5-6-12(19,20)14(23,24)16(27,28)15(25,26)13(21,22)8(4-2)10(31)32/h3-4H,5-6H2,1-2H3,(H,29,30)(H,31,32). The van der Waals surface area contributed by atoms with Crippen molar-refractivity contribution in [3.05, 3.63) is 23.3 Å². The minimum Gasteiger partial charge on any atom is -0.478 e. The van der Waals surface area contributed by atoms with Crippen LogP contribution in [0.5, 0.6) is 0 Å². The molecule has 4 nitrogen and oxygen atoms in total. The number of hydrogen-bond acceptors (Lipinski definition) is 2. The van der Waals surface area contributed by atoms with Crippen molar-refractivity contribution in [1.29, 1.82) is 0 Å². The molecule has 0 bridgehead atoms. The Kier molecular flexibility index (Phi) is 8.17. The lowest BCUT2D eigenvalue weighted by molar-refractivity contribution is -0.396. The Balaban J connectivity index is 6.29. The van der Waals surface area contributed by atoms with Crippen LogP contribution in [0.15, 0.2) is 23.3 Å². The summed E-state index contributed by atoms with van der Waals surface area (Å²) >= 11 is 0. The molecule has 0 aliphatic rings. The Morgan fingerprint density at radius 1 is 0.625 bits per heavy atom. The van der Waals surface area contributed by atoms with Gasteiger partial charge in [-0.25, -0.2) is 18.4 Å². The van der Waals surface area contributed by atoms with Crippen LogP contribution in [0.1, 0.15) is 26.7 Å². The van der Waals surface area contributed by atoms with Crippen LogP contribution < -0.4 is 0 Å². The van der Waals surface area contributed by atoms with E-state index in [1.165, 1.54) is 0 Å². The molecule has 16 heteroatoms. The van der Waals surface area contributed by atoms with Crippen LogP contribution in [0.3, 0.4) is 0 Å². The minimum atomic E-state index is -7.66. The van der Waals surface area contributed by atoms with Crippen LogP contribution in [0.2, 0.25) is 0 Å². The predicted octanol–water partition coefficient (Wildman–Crippen LogP) is 5.64. The molecule has 0 saturated carbocycles. The van der Waals surface area contributed by atoms with Gasteiger partial charge in [-0.2, -0.15) is 43.9 Å². The van der Waals surface area contributed by atoms with Gasteiger partial charge in [0.2, 0.25) is 0 Å². The maximum Gasteiger partial charge on any atom is 0.384 e. The van der Waals surface area contributed by atoms with E-state index in [1.54, 1.807) is 0 Å². The van der Waals surface area contributed by atoms with Gasteiger partial charge in [0.25, 0.3) is 5.92 Å². The summed E-state index contributed by atoms with van der Waals surface area (Å²) in [6.07, 6.45) is -5.82. The van der Waals surface area contributed by atoms with Gasteiger partial charge < -0.3 is 10.2 Å². The van der Waals surface area contributed by atoms with Crippen molar-refractivity contribution in [2.24, 2.45) is 0 Å². The molecule has 0 atom stereocenters. The fourth-order valence-electron chi connectivity index (χ4n) is 2.33. The molecule has 186 valence electrons. The number of carbonyl (C=O) groups is 2. The summed E-state index contributed by atoms with van der Waals surface area (Å²) in [6, 6.07) is 0. The maximum absolute atomic E-state index is 13.7. The van der Waals surface area contributed by atoms with Crippen LogP contribution in [-0.4, -0.2) is 57.7 Å². The molecule has 0 fully saturated rings. The molecule has 2 N–H and O–H groups in total. The maximum atomic E-state index is 13.7. The lowest BCUT2D eigenvalue weighted by Gasteiger charge is -2.39. The lowest BCUT2D eigenvalue weighted by atomic mass is 9.88. The first-order valence-electron chi connectivity index (χ1n) is 8.06. The van der Waals surface area contributed by atoms with Crippen LogP contribution in [0, 0.1) is 0 Å². The van der Waals surface area contributed by atoms with E-state index in [0.29, 0.717) is 13.8 Å². The van der Waals surface area contributed by atoms with Gasteiger partial charge in [0.15, 0.2) is 0 Å². The molecule has 32 heavy (non-hydrogen) atoms. The highest BCUT2D eigenvalue weighted by atomic mass is 19.4. The Morgan fingerprint density at radius 2 is 1.00 bits per heavy atom. The van der Waals surface area contributed by atoms with Crippen molar-refractivity contribution in [3.63, 3.8) is 0 Å². The molecule has 0 aliphatic carbocycles. The van der Waals surface area contributed by atoms with Gasteiger partial charge in [0, 0.05) is 12.8 Å². The molecule has 0 spiro atoms. The zero-order valence-corrected chi connectivity index (χ0v) is 15.8. The van der Waals surface area contributed by atoms with Gasteiger partial charge >= 0.3 is 41.6 Å². The van der Waals surface area contributed by atoms with Gasteiger partial charge in [-0.3, -0.25) is 0 Å². The molecule has 0 aromatic rings. The van der Waals surface area contributed by atoms with E-state index < -0.39 is 71.5 Å². The Labute approximate surface area is 171 Å². The molecule has 0 saturated heterocycles. The van der Waals surface area contributed by atoms with E-state index in [-0.39, 0.29) is 12.2 Å². The second-order valence-electron chi connectivity index (χ2n) is 6.22. The average molecular weight is 498 g/mol. The first-order valence-corrected chi connectivity index (χ1v) is 8.06. The second kappa shape index (κ2) is 8.84. The summed E-state index contributed by atoms with van der Waals surface area (Å²) in [7, 11) is 0. The van der Waals surface area contributed by atoms with E-state index in [2.05, 4.69) is 0 Å². The highest BCUT2D eigenvalue weighted by Gasteiger charge is 2.86. The monoisotopic (exact) mass is 498 g/mol. The molecular weight excluding hydrogens is 484 g/mol. The zero-order valence-electron chi connectivity index (χ0n) is 15.8. The number of carboxylic acid groups (broad SMARTS) is 2. The van der Waals surface area contributed by atoms with E-state index >= 15 is 0 Å². The van der Waals surface area contributed by atoms with Crippen molar-refractivity contribution in [2.75, 3.05) is 0 Å². The summed E-state index contributed by atoms with van der Waals surface area (Å²) in [5.74, 6) is -45.8. The number of hydrogen-bond donors (Lipinski definition) is 2. The van der Waals surface area contributed by atoms with E-state index in [9.17, 15) is 62.3 Å². The first-order chi connectivity index (χ1) is 14.0. The van der Waals surface area contributed by atoms with Crippen LogP contribution in [0.25, 0.3) is 0 Å². The Bertz CT molecular complexity index is 799.